The first kappa shape index (κ1) is 14.0. The molecule has 0 aromatic carbocycles. The van der Waals surface area contributed by atoms with Gasteiger partial charge in [-0.3, -0.25) is 4.68 Å². The zero-order valence-electron chi connectivity index (χ0n) is 10.7. The molecule has 0 spiro atoms. The Bertz CT molecular complexity index is 428. The first-order valence-corrected chi connectivity index (χ1v) is 5.76. The lowest BCUT2D eigenvalue weighted by molar-refractivity contribution is -0.140. The Labute approximate surface area is 105 Å². The molecule has 1 heterocycles. The van der Waals surface area contributed by atoms with Crippen molar-refractivity contribution in [1.82, 2.24) is 15.1 Å². The van der Waals surface area contributed by atoms with Crippen LogP contribution in [0.3, 0.4) is 0 Å². The van der Waals surface area contributed by atoms with Crippen LogP contribution in [0.2, 0.25) is 0 Å². The topological polar surface area (TPSA) is 96.2 Å². The highest BCUT2D eigenvalue weighted by atomic mass is 16.4. The summed E-state index contributed by atoms with van der Waals surface area (Å²) >= 11 is 0. The molecule has 0 aliphatic carbocycles. The predicted octanol–water partition coefficient (Wildman–Crippen LogP) is 1.13. The summed E-state index contributed by atoms with van der Waals surface area (Å²) in [6.07, 6.45) is 3.18. The zero-order chi connectivity index (χ0) is 13.7. The summed E-state index contributed by atoms with van der Waals surface area (Å²) in [5, 5.41) is 17.9. The summed E-state index contributed by atoms with van der Waals surface area (Å²) in [5.41, 5.74) is 0.530. The van der Waals surface area contributed by atoms with E-state index in [1.807, 2.05) is 6.92 Å². The molecule has 0 fully saturated rings. The average molecular weight is 254 g/mol. The molecule has 0 saturated carbocycles. The Kier molecular flexibility index (Phi) is 4.70. The maximum Gasteiger partial charge on any atom is 0.326 e. The van der Waals surface area contributed by atoms with E-state index in [-0.39, 0.29) is 5.92 Å². The Morgan fingerprint density at radius 1 is 1.50 bits per heavy atom. The number of hydrogen-bond acceptors (Lipinski definition) is 3. The number of urea groups is 1. The molecule has 0 bridgehead atoms. The highest BCUT2D eigenvalue weighted by Crippen LogP contribution is 2.06. The Morgan fingerprint density at radius 3 is 2.61 bits per heavy atom. The monoisotopic (exact) mass is 254 g/mol. The highest BCUT2D eigenvalue weighted by Gasteiger charge is 2.23. The van der Waals surface area contributed by atoms with E-state index < -0.39 is 18.0 Å². The van der Waals surface area contributed by atoms with Gasteiger partial charge in [-0.1, -0.05) is 13.8 Å². The van der Waals surface area contributed by atoms with Crippen molar-refractivity contribution in [3.05, 3.63) is 12.4 Å². The van der Waals surface area contributed by atoms with Crippen molar-refractivity contribution in [3.8, 4) is 0 Å². The van der Waals surface area contributed by atoms with Gasteiger partial charge in [0.2, 0.25) is 0 Å². The number of carbonyl (C=O) groups is 2. The van der Waals surface area contributed by atoms with Crippen molar-refractivity contribution in [2.45, 2.75) is 33.4 Å². The summed E-state index contributed by atoms with van der Waals surface area (Å²) in [7, 11) is 0. The molecule has 1 atom stereocenters. The second kappa shape index (κ2) is 6.04. The fourth-order valence-corrected chi connectivity index (χ4v) is 1.42. The lowest BCUT2D eigenvalue weighted by Crippen LogP contribution is -2.46. The second-order valence-corrected chi connectivity index (χ2v) is 4.24. The summed E-state index contributed by atoms with van der Waals surface area (Å²) in [6.45, 7) is 6.09. The minimum absolute atomic E-state index is 0.188. The summed E-state index contributed by atoms with van der Waals surface area (Å²) in [5.74, 6) is -1.24. The molecule has 0 aliphatic heterocycles. The number of aromatic nitrogens is 2. The molecule has 1 aromatic heterocycles. The molecule has 18 heavy (non-hydrogen) atoms. The summed E-state index contributed by atoms with van der Waals surface area (Å²) < 4.78 is 1.66. The van der Waals surface area contributed by atoms with Gasteiger partial charge in [-0.2, -0.15) is 5.10 Å². The number of nitrogens with zero attached hydrogens (tertiary/aromatic N) is 2. The number of carboxylic acid groups (broad SMARTS) is 1. The van der Waals surface area contributed by atoms with E-state index in [9.17, 15) is 9.59 Å². The SMILES string of the molecule is CCn1cc(NC(=O)N[C@@H](C(=O)O)C(C)C)cn1. The third-order valence-corrected chi connectivity index (χ3v) is 2.43. The van der Waals surface area contributed by atoms with Crippen molar-refractivity contribution in [2.24, 2.45) is 5.92 Å². The first-order valence-electron chi connectivity index (χ1n) is 5.76. The second-order valence-electron chi connectivity index (χ2n) is 4.24. The largest absolute Gasteiger partial charge is 0.480 e. The maximum atomic E-state index is 11.6. The van der Waals surface area contributed by atoms with E-state index in [0.29, 0.717) is 12.2 Å². The molecular formula is C11H18N4O3. The van der Waals surface area contributed by atoms with Crippen molar-refractivity contribution in [3.63, 3.8) is 0 Å². The number of carbonyl (C=O) groups excluding carboxylic acids is 1. The van der Waals surface area contributed by atoms with Crippen LogP contribution in [-0.2, 0) is 11.3 Å². The van der Waals surface area contributed by atoms with E-state index in [1.54, 1.807) is 24.7 Å². The number of aliphatic carboxylic acids is 1. The molecule has 0 radical (unpaired) electrons. The van der Waals surface area contributed by atoms with Crippen LogP contribution in [0.25, 0.3) is 0 Å². The van der Waals surface area contributed by atoms with Crippen LogP contribution >= 0.6 is 0 Å². The van der Waals surface area contributed by atoms with Gasteiger partial charge in [0.05, 0.1) is 11.9 Å². The molecule has 3 N–H and O–H groups in total. The van der Waals surface area contributed by atoms with E-state index in [1.165, 1.54) is 6.20 Å². The zero-order valence-corrected chi connectivity index (χ0v) is 10.7. The Hall–Kier alpha value is -2.05. The van der Waals surface area contributed by atoms with Crippen molar-refractivity contribution in [1.29, 1.82) is 0 Å². The van der Waals surface area contributed by atoms with Crippen molar-refractivity contribution < 1.29 is 14.7 Å². The Morgan fingerprint density at radius 2 is 2.17 bits per heavy atom. The van der Waals surface area contributed by atoms with Gasteiger partial charge >= 0.3 is 12.0 Å². The van der Waals surface area contributed by atoms with E-state index >= 15 is 0 Å². The van der Waals surface area contributed by atoms with Crippen LogP contribution in [0.4, 0.5) is 10.5 Å². The van der Waals surface area contributed by atoms with Gasteiger partial charge in [-0.25, -0.2) is 9.59 Å². The molecule has 0 aliphatic rings. The van der Waals surface area contributed by atoms with Gasteiger partial charge in [0.15, 0.2) is 0 Å². The van der Waals surface area contributed by atoms with Gasteiger partial charge in [0.1, 0.15) is 6.04 Å². The number of hydrogen-bond donors (Lipinski definition) is 3. The van der Waals surface area contributed by atoms with Gasteiger partial charge in [0.25, 0.3) is 0 Å². The molecule has 7 nitrogen and oxygen atoms in total. The van der Waals surface area contributed by atoms with E-state index in [2.05, 4.69) is 15.7 Å². The van der Waals surface area contributed by atoms with Crippen LogP contribution in [0.1, 0.15) is 20.8 Å². The Balaban J connectivity index is 2.57. The molecule has 0 saturated heterocycles. The minimum atomic E-state index is -1.05. The predicted molar refractivity (Wildman–Crippen MR) is 66.3 cm³/mol. The number of aryl methyl sites for hydroxylation is 1. The summed E-state index contributed by atoms with van der Waals surface area (Å²) in [6, 6.07) is -1.46. The fourth-order valence-electron chi connectivity index (χ4n) is 1.42. The molecular weight excluding hydrogens is 236 g/mol. The smallest absolute Gasteiger partial charge is 0.326 e. The lowest BCUT2D eigenvalue weighted by atomic mass is 10.1. The van der Waals surface area contributed by atoms with Gasteiger partial charge in [-0.15, -0.1) is 0 Å². The third-order valence-electron chi connectivity index (χ3n) is 2.43. The first-order chi connectivity index (χ1) is 8.43. The molecule has 1 aromatic rings. The van der Waals surface area contributed by atoms with Crippen molar-refractivity contribution >= 4 is 17.7 Å². The molecule has 7 heteroatoms. The van der Waals surface area contributed by atoms with Crippen LogP contribution in [-0.4, -0.2) is 32.9 Å². The quantitative estimate of drug-likeness (QED) is 0.734. The number of rotatable bonds is 5. The van der Waals surface area contributed by atoms with Crippen LogP contribution in [0, 0.1) is 5.92 Å². The molecule has 100 valence electrons. The van der Waals surface area contributed by atoms with E-state index in [4.69, 9.17) is 5.11 Å². The highest BCUT2D eigenvalue weighted by molar-refractivity contribution is 5.92. The molecule has 0 unspecified atom stereocenters. The van der Waals surface area contributed by atoms with Crippen LogP contribution in [0.5, 0.6) is 0 Å². The standard InChI is InChI=1S/C11H18N4O3/c1-4-15-6-8(5-12-15)13-11(18)14-9(7(2)3)10(16)17/h5-7,9H,4H2,1-3H3,(H,16,17)(H2,13,14,18)/t9-/m1/s1. The van der Waals surface area contributed by atoms with Gasteiger partial charge in [0, 0.05) is 12.7 Å². The number of amides is 2. The van der Waals surface area contributed by atoms with Crippen LogP contribution < -0.4 is 10.6 Å². The summed E-state index contributed by atoms with van der Waals surface area (Å²) in [4.78, 5) is 22.5. The third kappa shape index (κ3) is 3.76. The number of nitrogens with one attached hydrogen (secondary N) is 2. The minimum Gasteiger partial charge on any atom is -0.480 e. The molecule has 2 amide bonds. The molecule has 1 rings (SSSR count). The van der Waals surface area contributed by atoms with E-state index in [0.717, 1.165) is 0 Å². The van der Waals surface area contributed by atoms with Crippen molar-refractivity contribution in [2.75, 3.05) is 5.32 Å². The maximum absolute atomic E-state index is 11.6. The van der Waals surface area contributed by atoms with Gasteiger partial charge < -0.3 is 15.7 Å². The van der Waals surface area contributed by atoms with Crippen LogP contribution in [0.15, 0.2) is 12.4 Å². The average Bonchev–Trinajstić information content (AvgIpc) is 2.72. The fraction of sp³-hybridized carbons (Fsp3) is 0.545. The van der Waals surface area contributed by atoms with Gasteiger partial charge in [-0.05, 0) is 12.8 Å². The number of anilines is 1. The normalized spacial score (nSPS) is 12.2. The lowest BCUT2D eigenvalue weighted by Gasteiger charge is -2.17. The number of carboxylic acids is 1.